The van der Waals surface area contributed by atoms with Gasteiger partial charge in [-0.25, -0.2) is 4.98 Å². The Labute approximate surface area is 171 Å². The van der Waals surface area contributed by atoms with E-state index in [4.69, 9.17) is 22.9 Å². The molecule has 1 aliphatic rings. The molecular formula is C20H18F3N5S. The highest BCUT2D eigenvalue weighted by molar-refractivity contribution is 7.81. The topological polar surface area (TPSA) is 67.0 Å². The van der Waals surface area contributed by atoms with Gasteiger partial charge in [-0.1, -0.05) is 6.07 Å². The molecule has 1 N–H and O–H groups in total. The van der Waals surface area contributed by atoms with E-state index in [0.29, 0.717) is 0 Å². The Morgan fingerprint density at radius 2 is 1.79 bits per heavy atom. The number of benzene rings is 1. The molecule has 2 heterocycles. The first-order valence-corrected chi connectivity index (χ1v) is 9.08. The zero-order valence-electron chi connectivity index (χ0n) is 16.2. The van der Waals surface area contributed by atoms with Gasteiger partial charge in [0, 0.05) is 5.69 Å². The summed E-state index contributed by atoms with van der Waals surface area (Å²) in [5.41, 5.74) is 0.0862. The summed E-state index contributed by atoms with van der Waals surface area (Å²) in [6.07, 6.45) is -3.62. The highest BCUT2D eigenvalue weighted by Crippen LogP contribution is 2.39. The summed E-state index contributed by atoms with van der Waals surface area (Å²) in [4.78, 5) is 6.65. The molecule has 29 heavy (non-hydrogen) atoms. The summed E-state index contributed by atoms with van der Waals surface area (Å²) < 4.78 is 40.1. The number of nitrogens with zero attached hydrogens (tertiary/aromatic N) is 4. The largest absolute Gasteiger partial charge is 0.419 e. The molecule has 3 rings (SSSR count). The molecule has 2 aromatic rings. The van der Waals surface area contributed by atoms with Crippen LogP contribution in [0, 0.1) is 30.6 Å². The number of amidine groups is 1. The lowest BCUT2D eigenvalue weighted by Crippen LogP contribution is -2.44. The first kappa shape index (κ1) is 20.7. The van der Waals surface area contributed by atoms with E-state index in [1.807, 2.05) is 32.0 Å². The zero-order chi connectivity index (χ0) is 21.7. The molecule has 1 aromatic heterocycles. The first-order valence-electron chi connectivity index (χ1n) is 8.67. The minimum Gasteiger partial charge on any atom is -0.305 e. The minimum atomic E-state index is -4.75. The number of halogens is 3. The molecular weight excluding hydrogens is 399 g/mol. The van der Waals surface area contributed by atoms with Crippen molar-refractivity contribution >= 4 is 34.5 Å². The Morgan fingerprint density at radius 3 is 2.34 bits per heavy atom. The summed E-state index contributed by atoms with van der Waals surface area (Å²) in [6.45, 7) is 7.48. The second-order valence-electron chi connectivity index (χ2n) is 7.33. The maximum absolute atomic E-state index is 13.4. The molecule has 0 radical (unpaired) electrons. The Hall–Kier alpha value is -2.99. The van der Waals surface area contributed by atoms with Crippen molar-refractivity contribution in [1.82, 2.24) is 4.98 Å². The maximum Gasteiger partial charge on any atom is 0.419 e. The molecule has 0 spiro atoms. The van der Waals surface area contributed by atoms with E-state index in [9.17, 15) is 13.2 Å². The van der Waals surface area contributed by atoms with E-state index in [2.05, 4.69) is 4.98 Å². The molecule has 0 amide bonds. The zero-order valence-corrected chi connectivity index (χ0v) is 17.0. The molecule has 150 valence electrons. The van der Waals surface area contributed by atoms with Gasteiger partial charge in [0.05, 0.1) is 23.0 Å². The quantitative estimate of drug-likeness (QED) is 0.700. The number of hydrogen-bond acceptors (Lipinski definition) is 4. The Bertz CT molecular complexity index is 1070. The van der Waals surface area contributed by atoms with Gasteiger partial charge in [-0.2, -0.15) is 18.4 Å². The number of rotatable bonds is 2. The number of nitrogens with one attached hydrogen (secondary N) is 1. The van der Waals surface area contributed by atoms with Gasteiger partial charge in [0.1, 0.15) is 11.9 Å². The fraction of sp³-hybridized carbons (Fsp3) is 0.300. The number of hydrogen-bond donors (Lipinski definition) is 1. The number of anilines is 2. The number of aryl methyl sites for hydroxylation is 2. The van der Waals surface area contributed by atoms with Crippen LogP contribution < -0.4 is 9.80 Å². The van der Waals surface area contributed by atoms with E-state index in [0.717, 1.165) is 29.1 Å². The second-order valence-corrected chi connectivity index (χ2v) is 7.69. The molecule has 0 saturated carbocycles. The number of aromatic nitrogens is 1. The lowest BCUT2D eigenvalue weighted by atomic mass is 10.0. The summed E-state index contributed by atoms with van der Waals surface area (Å²) in [5.74, 6) is 0.0142. The highest BCUT2D eigenvalue weighted by atomic mass is 32.1. The van der Waals surface area contributed by atoms with Crippen LogP contribution in [0.4, 0.5) is 24.5 Å². The van der Waals surface area contributed by atoms with Crippen molar-refractivity contribution in [3.8, 4) is 6.07 Å². The average molecular weight is 417 g/mol. The predicted molar refractivity (Wildman–Crippen MR) is 109 cm³/mol. The van der Waals surface area contributed by atoms with E-state index in [-0.39, 0.29) is 16.6 Å². The van der Waals surface area contributed by atoms with Gasteiger partial charge in [-0.05, 0) is 69.2 Å². The smallest absolute Gasteiger partial charge is 0.305 e. The first-order chi connectivity index (χ1) is 13.4. The predicted octanol–water partition coefficient (Wildman–Crippen LogP) is 4.96. The van der Waals surface area contributed by atoms with Gasteiger partial charge in [-0.3, -0.25) is 10.3 Å². The lowest BCUT2D eigenvalue weighted by molar-refractivity contribution is -0.138. The molecule has 1 aliphatic heterocycles. The third-order valence-corrected chi connectivity index (χ3v) is 5.40. The standard InChI is InChI=1S/C20H18F3N5S/c1-11-5-6-13(7-12(11)2)28-18(29)27(17(25)19(28,3)4)14-8-15(20(21,22)23)16(9-24)26-10-14/h5-8,10,25H,1-4H3. The van der Waals surface area contributed by atoms with Crippen molar-refractivity contribution in [3.63, 3.8) is 0 Å². The summed E-state index contributed by atoms with van der Waals surface area (Å²) >= 11 is 5.56. The Kier molecular flexibility index (Phi) is 4.87. The van der Waals surface area contributed by atoms with Crippen molar-refractivity contribution in [3.05, 3.63) is 52.8 Å². The summed E-state index contributed by atoms with van der Waals surface area (Å²) in [5, 5.41) is 17.7. The van der Waals surface area contributed by atoms with Crippen LogP contribution in [0.15, 0.2) is 30.5 Å². The SMILES string of the molecule is Cc1ccc(N2C(=S)N(c3cnc(C#N)c(C(F)(F)F)c3)C(=N)C2(C)C)cc1C. The van der Waals surface area contributed by atoms with Gasteiger partial charge in [0.2, 0.25) is 0 Å². The third-order valence-electron chi connectivity index (χ3n) is 5.04. The van der Waals surface area contributed by atoms with Crippen LogP contribution >= 0.6 is 12.2 Å². The van der Waals surface area contributed by atoms with Crippen LogP contribution in [-0.4, -0.2) is 21.5 Å². The van der Waals surface area contributed by atoms with Crippen LogP contribution in [0.25, 0.3) is 0 Å². The van der Waals surface area contributed by atoms with Gasteiger partial charge in [-0.15, -0.1) is 0 Å². The monoisotopic (exact) mass is 417 g/mol. The summed E-state index contributed by atoms with van der Waals surface area (Å²) in [6, 6.07) is 8.00. The van der Waals surface area contributed by atoms with Crippen LogP contribution in [0.5, 0.6) is 0 Å². The van der Waals surface area contributed by atoms with E-state index in [1.165, 1.54) is 11.0 Å². The fourth-order valence-corrected chi connectivity index (χ4v) is 3.76. The van der Waals surface area contributed by atoms with Crippen molar-refractivity contribution in [2.75, 3.05) is 9.80 Å². The Balaban J connectivity index is 2.13. The number of nitriles is 1. The molecule has 5 nitrogen and oxygen atoms in total. The molecule has 9 heteroatoms. The van der Waals surface area contributed by atoms with Crippen LogP contribution in [0.1, 0.15) is 36.2 Å². The van der Waals surface area contributed by atoms with Crippen molar-refractivity contribution in [2.24, 2.45) is 0 Å². The number of pyridine rings is 1. The molecule has 1 saturated heterocycles. The van der Waals surface area contributed by atoms with Crippen LogP contribution in [0.3, 0.4) is 0 Å². The van der Waals surface area contributed by atoms with Crippen molar-refractivity contribution in [2.45, 2.75) is 39.4 Å². The lowest BCUT2D eigenvalue weighted by Gasteiger charge is -2.31. The van der Waals surface area contributed by atoms with E-state index < -0.39 is 23.0 Å². The second kappa shape index (κ2) is 6.81. The summed E-state index contributed by atoms with van der Waals surface area (Å²) in [7, 11) is 0. The van der Waals surface area contributed by atoms with Gasteiger partial charge in [0.15, 0.2) is 10.8 Å². The number of thiocarbonyl (C=S) groups is 1. The number of alkyl halides is 3. The van der Waals surface area contributed by atoms with Gasteiger partial charge in [0.25, 0.3) is 0 Å². The minimum absolute atomic E-state index is 0.00858. The average Bonchev–Trinajstić information content (AvgIpc) is 2.81. The molecule has 1 fully saturated rings. The van der Waals surface area contributed by atoms with Gasteiger partial charge >= 0.3 is 6.18 Å². The van der Waals surface area contributed by atoms with Crippen molar-refractivity contribution in [1.29, 1.82) is 10.7 Å². The van der Waals surface area contributed by atoms with Gasteiger partial charge < -0.3 is 4.90 Å². The normalized spacial score (nSPS) is 16.3. The van der Waals surface area contributed by atoms with Crippen LogP contribution in [-0.2, 0) is 6.18 Å². The van der Waals surface area contributed by atoms with Crippen molar-refractivity contribution < 1.29 is 13.2 Å². The fourth-order valence-electron chi connectivity index (χ4n) is 3.23. The van der Waals surface area contributed by atoms with E-state index in [1.54, 1.807) is 18.7 Å². The maximum atomic E-state index is 13.4. The molecule has 0 bridgehead atoms. The Morgan fingerprint density at radius 1 is 1.14 bits per heavy atom. The van der Waals surface area contributed by atoms with E-state index >= 15 is 0 Å². The third kappa shape index (κ3) is 3.34. The molecule has 0 unspecified atom stereocenters. The highest BCUT2D eigenvalue weighted by Gasteiger charge is 2.48. The molecule has 0 atom stereocenters. The molecule has 1 aromatic carbocycles. The van der Waals surface area contributed by atoms with Crippen LogP contribution in [0.2, 0.25) is 0 Å². The molecule has 0 aliphatic carbocycles.